The van der Waals surface area contributed by atoms with E-state index in [2.05, 4.69) is 26.1 Å². The molecule has 0 aliphatic carbocycles. The zero-order chi connectivity index (χ0) is 27.5. The predicted octanol–water partition coefficient (Wildman–Crippen LogP) is 6.40. The molecule has 0 aromatic heterocycles. The van der Waals surface area contributed by atoms with Gasteiger partial charge in [-0.2, -0.15) is 0 Å². The second-order valence-electron chi connectivity index (χ2n) is 9.98. The molecule has 3 heterocycles. The molecule has 3 aromatic rings. The fourth-order valence-corrected chi connectivity index (χ4v) is 7.67. The quantitative estimate of drug-likeness (QED) is 0.250. The molecule has 0 bridgehead atoms. The number of benzene rings is 3. The van der Waals surface area contributed by atoms with Gasteiger partial charge in [0.05, 0.1) is 17.5 Å². The number of nitrogens with zero attached hydrogens (tertiary/aromatic N) is 2. The third-order valence-corrected chi connectivity index (χ3v) is 9.29. The molecular formula is C28H24BrCl2N3O5. The highest BCUT2D eigenvalue weighted by atomic mass is 79.9. The summed E-state index contributed by atoms with van der Waals surface area (Å²) < 4.78 is 12.4. The number of nitrogens with one attached hydrogen (secondary N) is 1. The fourth-order valence-electron chi connectivity index (χ4n) is 6.64. The Bertz CT molecular complexity index is 1500. The summed E-state index contributed by atoms with van der Waals surface area (Å²) in [4.78, 5) is 28.3. The minimum Gasteiger partial charge on any atom is -0.493 e. The largest absolute Gasteiger partial charge is 0.493 e. The lowest BCUT2D eigenvalue weighted by Gasteiger charge is -2.32. The second kappa shape index (κ2) is 9.96. The number of hydrogen-bond acceptors (Lipinski definition) is 6. The number of anilines is 1. The third kappa shape index (κ3) is 4.01. The van der Waals surface area contributed by atoms with Crippen LogP contribution in [0.2, 0.25) is 10.0 Å². The first-order chi connectivity index (χ1) is 18.8. The van der Waals surface area contributed by atoms with E-state index in [-0.39, 0.29) is 23.5 Å². The van der Waals surface area contributed by atoms with Crippen LogP contribution >= 0.6 is 39.1 Å². The summed E-state index contributed by atoms with van der Waals surface area (Å²) in [5.74, 6) is -0.0202. The van der Waals surface area contributed by atoms with Crippen molar-refractivity contribution in [2.24, 2.45) is 0 Å². The van der Waals surface area contributed by atoms with E-state index in [1.807, 2.05) is 24.3 Å². The van der Waals surface area contributed by atoms with Crippen molar-refractivity contribution in [3.63, 3.8) is 0 Å². The normalized spacial score (nSPS) is 25.4. The van der Waals surface area contributed by atoms with Crippen LogP contribution < -0.4 is 14.8 Å². The Labute approximate surface area is 243 Å². The monoisotopic (exact) mass is 631 g/mol. The highest BCUT2D eigenvalue weighted by Gasteiger charge is 2.73. The van der Waals surface area contributed by atoms with Crippen molar-refractivity contribution in [1.29, 1.82) is 0 Å². The van der Waals surface area contributed by atoms with E-state index in [9.17, 15) is 14.9 Å². The van der Waals surface area contributed by atoms with Gasteiger partial charge in [-0.3, -0.25) is 19.8 Å². The number of rotatable bonds is 6. The fraction of sp³-hybridized carbons (Fsp3) is 0.321. The van der Waals surface area contributed by atoms with Gasteiger partial charge in [0.1, 0.15) is 6.61 Å². The van der Waals surface area contributed by atoms with Crippen LogP contribution in [0.4, 0.5) is 5.69 Å². The average molecular weight is 633 g/mol. The van der Waals surface area contributed by atoms with Gasteiger partial charge in [-0.1, -0.05) is 47.5 Å². The van der Waals surface area contributed by atoms with Crippen LogP contribution in [0.5, 0.6) is 11.5 Å². The van der Waals surface area contributed by atoms with Crippen LogP contribution in [0, 0.1) is 10.1 Å². The first-order valence-corrected chi connectivity index (χ1v) is 14.1. The molecule has 0 radical (unpaired) electrons. The van der Waals surface area contributed by atoms with Gasteiger partial charge in [-0.05, 0) is 64.7 Å². The summed E-state index contributed by atoms with van der Waals surface area (Å²) in [5, 5.41) is 16.8. The van der Waals surface area contributed by atoms with E-state index >= 15 is 0 Å². The molecule has 0 unspecified atom stereocenters. The maximum Gasteiger partial charge on any atom is 0.256 e. The van der Waals surface area contributed by atoms with Gasteiger partial charge >= 0.3 is 0 Å². The Morgan fingerprint density at radius 1 is 1.21 bits per heavy atom. The van der Waals surface area contributed by atoms with Gasteiger partial charge in [0.15, 0.2) is 17.0 Å². The predicted molar refractivity (Wildman–Crippen MR) is 151 cm³/mol. The van der Waals surface area contributed by atoms with Gasteiger partial charge in [-0.15, -0.1) is 0 Å². The van der Waals surface area contributed by atoms with E-state index in [1.54, 1.807) is 30.3 Å². The number of nitro groups is 1. The highest BCUT2D eigenvalue weighted by Crippen LogP contribution is 2.58. The number of methoxy groups -OCH3 is 1. The first-order valence-electron chi connectivity index (χ1n) is 12.5. The Hall–Kier alpha value is -2.85. The molecule has 1 spiro atoms. The molecule has 3 aliphatic heterocycles. The molecule has 39 heavy (non-hydrogen) atoms. The summed E-state index contributed by atoms with van der Waals surface area (Å²) in [6, 6.07) is 14.7. The number of carbonyl (C=O) groups is 1. The second-order valence-corrected chi connectivity index (χ2v) is 11.7. The highest BCUT2D eigenvalue weighted by molar-refractivity contribution is 9.10. The molecule has 1 N–H and O–H groups in total. The van der Waals surface area contributed by atoms with Gasteiger partial charge in [0.2, 0.25) is 0 Å². The molecule has 202 valence electrons. The lowest BCUT2D eigenvalue weighted by molar-refractivity contribution is -0.534. The number of halogens is 3. The lowest BCUT2D eigenvalue weighted by atomic mass is 9.77. The Morgan fingerprint density at radius 3 is 2.74 bits per heavy atom. The van der Waals surface area contributed by atoms with Gasteiger partial charge in [0, 0.05) is 44.4 Å². The van der Waals surface area contributed by atoms with Crippen LogP contribution in [0.3, 0.4) is 0 Å². The Balaban J connectivity index is 1.42. The molecule has 2 saturated heterocycles. The minimum atomic E-state index is -1.38. The number of carbonyl (C=O) groups excluding carboxylic acids is 1. The van der Waals surface area contributed by atoms with E-state index in [1.165, 1.54) is 7.11 Å². The summed E-state index contributed by atoms with van der Waals surface area (Å²) in [5.41, 5.74) is 1.37. The summed E-state index contributed by atoms with van der Waals surface area (Å²) in [7, 11) is 1.53. The SMILES string of the molecule is COc1cc([C@@H]2[C@@H]3CCCN3[C@]3(C(=O)Nc4ccccc43)[C@@H]2[N+](=O)[O-])cc(Br)c1OCc1ccc(Cl)cc1Cl. The van der Waals surface area contributed by atoms with Crippen molar-refractivity contribution >= 4 is 50.7 Å². The standard InChI is InChI=1S/C28H24BrCl2N3O5/c1-38-23-12-16(11-19(29)25(23)39-14-15-8-9-17(30)13-20(15)31)24-22-7-4-10-33(22)28(26(24)34(36)37)18-5-2-3-6-21(18)32-27(28)35/h2-3,5-6,8-9,11-13,22,24,26H,4,7,10,14H2,1H3,(H,32,35)/t22-,24+,26+,28-/m0/s1. The van der Waals surface area contributed by atoms with Crippen molar-refractivity contribution < 1.29 is 19.2 Å². The average Bonchev–Trinajstić information content (AvgIpc) is 3.57. The van der Waals surface area contributed by atoms with Crippen LogP contribution in [-0.4, -0.2) is 41.5 Å². The van der Waals surface area contributed by atoms with Crippen LogP contribution in [-0.2, 0) is 16.9 Å². The minimum absolute atomic E-state index is 0.168. The number of amides is 1. The molecular weight excluding hydrogens is 609 g/mol. The Morgan fingerprint density at radius 2 is 2.00 bits per heavy atom. The van der Waals surface area contributed by atoms with Crippen LogP contribution in [0.1, 0.15) is 35.4 Å². The van der Waals surface area contributed by atoms with Crippen molar-refractivity contribution in [2.75, 3.05) is 19.0 Å². The summed E-state index contributed by atoms with van der Waals surface area (Å²) in [6.07, 6.45) is 1.60. The van der Waals surface area contributed by atoms with Crippen LogP contribution in [0.25, 0.3) is 0 Å². The molecule has 11 heteroatoms. The molecule has 0 saturated carbocycles. The zero-order valence-electron chi connectivity index (χ0n) is 20.8. The van der Waals surface area contributed by atoms with E-state index in [0.29, 0.717) is 49.4 Å². The van der Waals surface area contributed by atoms with E-state index in [0.717, 1.165) is 18.4 Å². The van der Waals surface area contributed by atoms with E-state index in [4.69, 9.17) is 32.7 Å². The summed E-state index contributed by atoms with van der Waals surface area (Å²) >= 11 is 15.9. The first kappa shape index (κ1) is 26.4. The number of fused-ring (bicyclic) bond motifs is 4. The molecule has 6 rings (SSSR count). The zero-order valence-corrected chi connectivity index (χ0v) is 23.9. The Kier molecular flexibility index (Phi) is 6.74. The molecule has 1 amide bonds. The number of para-hydroxylation sites is 1. The molecule has 8 nitrogen and oxygen atoms in total. The third-order valence-electron chi connectivity index (χ3n) is 8.12. The number of ether oxygens (including phenoxy) is 2. The van der Waals surface area contributed by atoms with Gasteiger partial charge < -0.3 is 14.8 Å². The maximum atomic E-state index is 13.7. The van der Waals surface area contributed by atoms with E-state index < -0.39 is 17.5 Å². The molecule has 2 fully saturated rings. The molecule has 3 aromatic carbocycles. The van der Waals surface area contributed by atoms with Crippen molar-refractivity contribution in [1.82, 2.24) is 4.90 Å². The molecule has 4 atom stereocenters. The van der Waals surface area contributed by atoms with Gasteiger partial charge in [0.25, 0.3) is 11.9 Å². The summed E-state index contributed by atoms with van der Waals surface area (Å²) in [6.45, 7) is 0.774. The van der Waals surface area contributed by atoms with Crippen molar-refractivity contribution in [3.05, 3.63) is 95.9 Å². The topological polar surface area (TPSA) is 93.9 Å². The van der Waals surface area contributed by atoms with Crippen molar-refractivity contribution in [2.45, 2.75) is 43.0 Å². The lowest BCUT2D eigenvalue weighted by Crippen LogP contribution is -2.55. The van der Waals surface area contributed by atoms with Crippen molar-refractivity contribution in [3.8, 4) is 11.5 Å². The molecule has 3 aliphatic rings. The number of hydrogen-bond donors (Lipinski definition) is 1. The smallest absolute Gasteiger partial charge is 0.256 e. The maximum absolute atomic E-state index is 13.7. The van der Waals surface area contributed by atoms with Gasteiger partial charge in [-0.25, -0.2) is 0 Å². The van der Waals surface area contributed by atoms with Crippen LogP contribution in [0.15, 0.2) is 59.1 Å².